The Kier molecular flexibility index (Phi) is 6.26. The van der Waals surface area contributed by atoms with Gasteiger partial charge in [0.2, 0.25) is 0 Å². The molecule has 1 amide bonds. The van der Waals surface area contributed by atoms with Crippen molar-refractivity contribution in [3.05, 3.63) is 64.2 Å². The topological polar surface area (TPSA) is 59.9 Å². The minimum atomic E-state index is -0.235. The highest BCUT2D eigenvalue weighted by molar-refractivity contribution is 6.31. The average Bonchev–Trinajstić information content (AvgIpc) is 3.16. The highest BCUT2D eigenvalue weighted by Gasteiger charge is 2.13. The molecule has 136 valence electrons. The van der Waals surface area contributed by atoms with Crippen LogP contribution in [0.4, 0.5) is 0 Å². The molecule has 26 heavy (non-hydrogen) atoms. The lowest BCUT2D eigenvalue weighted by Gasteiger charge is -2.08. The number of ether oxygens (including phenoxy) is 2. The summed E-state index contributed by atoms with van der Waals surface area (Å²) in [7, 11) is 0. The fourth-order valence-corrected chi connectivity index (χ4v) is 2.68. The van der Waals surface area contributed by atoms with Crippen LogP contribution < -0.4 is 10.2 Å². The number of aryl methyl sites for hydroxylation is 1. The number of hydrogen-bond acceptors (Lipinski definition) is 4. The van der Waals surface area contributed by atoms with Gasteiger partial charge in [-0.05, 0) is 54.8 Å². The Morgan fingerprint density at radius 2 is 2.15 bits per heavy atom. The molecule has 0 aromatic heterocycles. The fraction of sp³-hybridized carbons (Fsp3) is 0.300. The molecule has 1 fully saturated rings. The molecule has 0 spiro atoms. The van der Waals surface area contributed by atoms with Crippen molar-refractivity contribution < 1.29 is 14.3 Å². The maximum atomic E-state index is 12.1. The van der Waals surface area contributed by atoms with Gasteiger partial charge < -0.3 is 9.47 Å². The summed E-state index contributed by atoms with van der Waals surface area (Å²) >= 11 is 6.01. The Hall–Kier alpha value is -2.37. The van der Waals surface area contributed by atoms with Gasteiger partial charge in [-0.15, -0.1) is 0 Å². The molecule has 1 N–H and O–H groups in total. The van der Waals surface area contributed by atoms with E-state index in [4.69, 9.17) is 21.1 Å². The van der Waals surface area contributed by atoms with Crippen LogP contribution in [-0.2, 0) is 11.3 Å². The number of hydrogen-bond donors (Lipinski definition) is 1. The SMILES string of the molecule is Cc1cc(OCc2ccc(C(=O)N/N=C/C3CCOC3)cc2)ccc1Cl. The van der Waals surface area contributed by atoms with Crippen LogP contribution >= 0.6 is 11.6 Å². The van der Waals surface area contributed by atoms with Crippen LogP contribution in [0.5, 0.6) is 5.75 Å². The van der Waals surface area contributed by atoms with Gasteiger partial charge in [0.15, 0.2) is 0 Å². The standard InChI is InChI=1S/C20H21ClN2O3/c1-14-10-18(6-7-19(14)21)26-13-15-2-4-17(5-3-15)20(24)23-22-11-16-8-9-25-12-16/h2-7,10-11,16H,8-9,12-13H2,1H3,(H,23,24)/b22-11+. The van der Waals surface area contributed by atoms with Gasteiger partial charge in [-0.25, -0.2) is 5.43 Å². The van der Waals surface area contributed by atoms with E-state index in [1.54, 1.807) is 18.3 Å². The van der Waals surface area contributed by atoms with E-state index >= 15 is 0 Å². The quantitative estimate of drug-likeness (QED) is 0.616. The van der Waals surface area contributed by atoms with Crippen LogP contribution in [-0.4, -0.2) is 25.3 Å². The van der Waals surface area contributed by atoms with Crippen molar-refractivity contribution in [3.63, 3.8) is 0 Å². The third kappa shape index (κ3) is 5.07. The van der Waals surface area contributed by atoms with Gasteiger partial charge in [-0.1, -0.05) is 23.7 Å². The van der Waals surface area contributed by atoms with Crippen molar-refractivity contribution in [2.45, 2.75) is 20.0 Å². The average molecular weight is 373 g/mol. The van der Waals surface area contributed by atoms with Crippen molar-refractivity contribution in [2.24, 2.45) is 11.0 Å². The molecule has 2 aromatic rings. The van der Waals surface area contributed by atoms with Crippen LogP contribution in [0.2, 0.25) is 5.02 Å². The maximum Gasteiger partial charge on any atom is 0.271 e. The first-order chi connectivity index (χ1) is 12.6. The van der Waals surface area contributed by atoms with E-state index in [0.717, 1.165) is 34.9 Å². The van der Waals surface area contributed by atoms with Crippen LogP contribution in [0, 0.1) is 12.8 Å². The number of nitrogens with zero attached hydrogens (tertiary/aromatic N) is 1. The largest absolute Gasteiger partial charge is 0.489 e. The van der Waals surface area contributed by atoms with Gasteiger partial charge in [0.25, 0.3) is 5.91 Å². The number of halogens is 1. The summed E-state index contributed by atoms with van der Waals surface area (Å²) in [6, 6.07) is 12.8. The fourth-order valence-electron chi connectivity index (χ4n) is 2.56. The molecule has 0 aliphatic carbocycles. The van der Waals surface area contributed by atoms with E-state index in [1.165, 1.54) is 0 Å². The van der Waals surface area contributed by atoms with Crippen molar-refractivity contribution in [2.75, 3.05) is 13.2 Å². The van der Waals surface area contributed by atoms with Gasteiger partial charge in [0, 0.05) is 29.3 Å². The van der Waals surface area contributed by atoms with Gasteiger partial charge in [0.1, 0.15) is 12.4 Å². The van der Waals surface area contributed by atoms with Gasteiger partial charge >= 0.3 is 0 Å². The number of benzene rings is 2. The Balaban J connectivity index is 1.50. The first-order valence-corrected chi connectivity index (χ1v) is 8.89. The summed E-state index contributed by atoms with van der Waals surface area (Å²) in [6.07, 6.45) is 2.68. The highest BCUT2D eigenvalue weighted by atomic mass is 35.5. The second-order valence-electron chi connectivity index (χ2n) is 6.24. The molecule has 1 atom stereocenters. The van der Waals surface area contributed by atoms with Crippen LogP contribution in [0.1, 0.15) is 27.9 Å². The van der Waals surface area contributed by atoms with Crippen molar-refractivity contribution in [3.8, 4) is 5.75 Å². The minimum absolute atomic E-state index is 0.235. The molecule has 0 bridgehead atoms. The molecular formula is C20H21ClN2O3. The summed E-state index contributed by atoms with van der Waals surface area (Å²) in [5, 5.41) is 4.72. The number of amides is 1. The Morgan fingerprint density at radius 3 is 2.85 bits per heavy atom. The van der Waals surface area contributed by atoms with Gasteiger partial charge in [0.05, 0.1) is 6.61 Å². The Labute approximate surface area is 158 Å². The molecule has 5 nitrogen and oxygen atoms in total. The highest BCUT2D eigenvalue weighted by Crippen LogP contribution is 2.22. The van der Waals surface area contributed by atoms with Crippen LogP contribution in [0.15, 0.2) is 47.6 Å². The van der Waals surface area contributed by atoms with Crippen molar-refractivity contribution in [1.29, 1.82) is 0 Å². The summed E-state index contributed by atoms with van der Waals surface area (Å²) < 4.78 is 11.0. The third-order valence-corrected chi connectivity index (χ3v) is 4.59. The number of hydrazone groups is 1. The predicted octanol–water partition coefficient (Wildman–Crippen LogP) is 3.98. The zero-order chi connectivity index (χ0) is 18.4. The molecule has 0 saturated carbocycles. The first-order valence-electron chi connectivity index (χ1n) is 8.51. The summed E-state index contributed by atoms with van der Waals surface area (Å²) in [4.78, 5) is 12.1. The monoisotopic (exact) mass is 372 g/mol. The van der Waals surface area contributed by atoms with Crippen LogP contribution in [0.25, 0.3) is 0 Å². The number of nitrogens with one attached hydrogen (secondary N) is 1. The molecule has 1 unspecified atom stereocenters. The molecule has 6 heteroatoms. The lowest BCUT2D eigenvalue weighted by Crippen LogP contribution is -2.18. The second-order valence-corrected chi connectivity index (χ2v) is 6.65. The van der Waals surface area contributed by atoms with E-state index < -0.39 is 0 Å². The first kappa shape index (κ1) is 18.4. The summed E-state index contributed by atoms with van der Waals surface area (Å²) in [5.74, 6) is 0.811. The number of carbonyl (C=O) groups is 1. The molecule has 3 rings (SSSR count). The lowest BCUT2D eigenvalue weighted by atomic mass is 10.1. The van der Waals surface area contributed by atoms with E-state index in [9.17, 15) is 4.79 Å². The molecule has 1 saturated heterocycles. The molecule has 1 aliphatic rings. The zero-order valence-corrected chi connectivity index (χ0v) is 15.3. The third-order valence-electron chi connectivity index (χ3n) is 4.17. The van der Waals surface area contributed by atoms with E-state index in [0.29, 0.717) is 18.8 Å². The van der Waals surface area contributed by atoms with Gasteiger partial charge in [-0.3, -0.25) is 4.79 Å². The molecule has 1 heterocycles. The Morgan fingerprint density at radius 1 is 1.35 bits per heavy atom. The number of rotatable bonds is 6. The Bertz CT molecular complexity index is 784. The summed E-state index contributed by atoms with van der Waals surface area (Å²) in [6.45, 7) is 3.78. The van der Waals surface area contributed by atoms with Crippen molar-refractivity contribution >= 4 is 23.7 Å². The van der Waals surface area contributed by atoms with Crippen LogP contribution in [0.3, 0.4) is 0 Å². The lowest BCUT2D eigenvalue weighted by molar-refractivity contribution is 0.0954. The van der Waals surface area contributed by atoms with Crippen molar-refractivity contribution in [1.82, 2.24) is 5.43 Å². The minimum Gasteiger partial charge on any atom is -0.489 e. The normalized spacial score (nSPS) is 16.8. The molecule has 0 radical (unpaired) electrons. The van der Waals surface area contributed by atoms with E-state index in [-0.39, 0.29) is 11.8 Å². The van der Waals surface area contributed by atoms with E-state index in [1.807, 2.05) is 37.3 Å². The molecule has 1 aliphatic heterocycles. The molecule has 2 aromatic carbocycles. The zero-order valence-electron chi connectivity index (χ0n) is 14.6. The maximum absolute atomic E-state index is 12.1. The smallest absolute Gasteiger partial charge is 0.271 e. The predicted molar refractivity (Wildman–Crippen MR) is 102 cm³/mol. The summed E-state index contributed by atoms with van der Waals surface area (Å²) in [5.41, 5.74) is 5.04. The number of carbonyl (C=O) groups excluding carboxylic acids is 1. The van der Waals surface area contributed by atoms with Gasteiger partial charge in [-0.2, -0.15) is 5.10 Å². The van der Waals surface area contributed by atoms with E-state index in [2.05, 4.69) is 10.5 Å². The second kappa shape index (κ2) is 8.83. The molecular weight excluding hydrogens is 352 g/mol.